The second kappa shape index (κ2) is 7.25. The zero-order chi connectivity index (χ0) is 12.0. The molecular weight excluding hydrogens is 198 g/mol. The molecule has 0 amide bonds. The lowest BCUT2D eigenvalue weighted by molar-refractivity contribution is 0.136. The molecule has 96 valence electrons. The normalized spacial score (nSPS) is 26.6. The molecule has 0 bridgehead atoms. The minimum Gasteiger partial charge on any atom is -0.314 e. The summed E-state index contributed by atoms with van der Waals surface area (Å²) in [4.78, 5) is 4.98. The van der Waals surface area contributed by atoms with Crippen molar-refractivity contribution in [3.05, 3.63) is 0 Å². The van der Waals surface area contributed by atoms with E-state index in [0.717, 1.165) is 6.04 Å². The van der Waals surface area contributed by atoms with E-state index in [4.69, 9.17) is 0 Å². The van der Waals surface area contributed by atoms with E-state index in [1.165, 1.54) is 45.4 Å². The molecule has 2 atom stereocenters. The van der Waals surface area contributed by atoms with E-state index in [1.807, 2.05) is 0 Å². The average molecular weight is 227 g/mol. The number of hydrogen-bond donors (Lipinski definition) is 1. The molecule has 0 aromatic rings. The van der Waals surface area contributed by atoms with Crippen LogP contribution in [0.15, 0.2) is 0 Å². The molecule has 1 N–H and O–H groups in total. The molecule has 3 heteroatoms. The second-order valence-electron chi connectivity index (χ2n) is 5.37. The van der Waals surface area contributed by atoms with Gasteiger partial charge in [0, 0.05) is 25.2 Å². The predicted octanol–water partition coefficient (Wildman–Crippen LogP) is 1.40. The molecule has 3 nitrogen and oxygen atoms in total. The van der Waals surface area contributed by atoms with Gasteiger partial charge >= 0.3 is 0 Å². The predicted molar refractivity (Wildman–Crippen MR) is 70.9 cm³/mol. The molecule has 1 aliphatic rings. The minimum atomic E-state index is 0.692. The number of nitrogens with one attached hydrogen (secondary N) is 1. The van der Waals surface area contributed by atoms with E-state index >= 15 is 0 Å². The van der Waals surface area contributed by atoms with Crippen LogP contribution in [0.3, 0.4) is 0 Å². The maximum absolute atomic E-state index is 3.54. The Morgan fingerprint density at radius 1 is 1.19 bits per heavy atom. The molecule has 1 rings (SSSR count). The van der Waals surface area contributed by atoms with Gasteiger partial charge in [-0.2, -0.15) is 0 Å². The van der Waals surface area contributed by atoms with Gasteiger partial charge in [0.15, 0.2) is 0 Å². The molecule has 0 aromatic heterocycles. The first-order valence-electron chi connectivity index (χ1n) is 6.75. The third-order valence-corrected chi connectivity index (χ3v) is 3.46. The maximum atomic E-state index is 3.54. The molecule has 1 aliphatic heterocycles. The SMILES string of the molecule is CCCN(CCN(C)C)C1CCNC(C)C1. The van der Waals surface area contributed by atoms with E-state index in [-0.39, 0.29) is 0 Å². The Labute approximate surface area is 101 Å². The van der Waals surface area contributed by atoms with E-state index in [2.05, 4.69) is 43.1 Å². The zero-order valence-electron chi connectivity index (χ0n) is 11.5. The Balaban J connectivity index is 2.40. The van der Waals surface area contributed by atoms with Gasteiger partial charge in [0.2, 0.25) is 0 Å². The third kappa shape index (κ3) is 4.81. The van der Waals surface area contributed by atoms with Crippen molar-refractivity contribution < 1.29 is 0 Å². The summed E-state index contributed by atoms with van der Waals surface area (Å²) in [6, 6.07) is 1.49. The van der Waals surface area contributed by atoms with Gasteiger partial charge in [0.25, 0.3) is 0 Å². The fourth-order valence-electron chi connectivity index (χ4n) is 2.53. The van der Waals surface area contributed by atoms with Crippen molar-refractivity contribution in [1.29, 1.82) is 0 Å². The highest BCUT2D eigenvalue weighted by Crippen LogP contribution is 2.15. The summed E-state index contributed by atoms with van der Waals surface area (Å²) in [5.41, 5.74) is 0. The van der Waals surface area contributed by atoms with Gasteiger partial charge in [0.05, 0.1) is 0 Å². The summed E-state index contributed by atoms with van der Waals surface area (Å²) in [5.74, 6) is 0. The number of rotatable bonds is 6. The van der Waals surface area contributed by atoms with Crippen molar-refractivity contribution >= 4 is 0 Å². The molecule has 2 unspecified atom stereocenters. The zero-order valence-corrected chi connectivity index (χ0v) is 11.5. The van der Waals surface area contributed by atoms with Crippen LogP contribution in [0.5, 0.6) is 0 Å². The summed E-state index contributed by atoms with van der Waals surface area (Å²) in [6.07, 6.45) is 3.90. The van der Waals surface area contributed by atoms with Crippen molar-refractivity contribution in [1.82, 2.24) is 15.1 Å². The van der Waals surface area contributed by atoms with Gasteiger partial charge in [-0.3, -0.25) is 4.90 Å². The highest BCUT2D eigenvalue weighted by atomic mass is 15.2. The summed E-state index contributed by atoms with van der Waals surface area (Å²) in [5, 5.41) is 3.54. The molecule has 0 aliphatic carbocycles. The van der Waals surface area contributed by atoms with Crippen molar-refractivity contribution in [3.63, 3.8) is 0 Å². The lowest BCUT2D eigenvalue weighted by atomic mass is 9.99. The highest BCUT2D eigenvalue weighted by Gasteiger charge is 2.23. The van der Waals surface area contributed by atoms with Gasteiger partial charge in [-0.1, -0.05) is 6.92 Å². The lowest BCUT2D eigenvalue weighted by Crippen LogP contribution is -2.48. The van der Waals surface area contributed by atoms with Crippen LogP contribution in [-0.2, 0) is 0 Å². The summed E-state index contributed by atoms with van der Waals surface area (Å²) >= 11 is 0. The van der Waals surface area contributed by atoms with Crippen LogP contribution < -0.4 is 5.32 Å². The summed E-state index contributed by atoms with van der Waals surface area (Å²) < 4.78 is 0. The Bertz CT molecular complexity index is 182. The van der Waals surface area contributed by atoms with Crippen LogP contribution in [0.25, 0.3) is 0 Å². The fourth-order valence-corrected chi connectivity index (χ4v) is 2.53. The molecule has 1 fully saturated rings. The monoisotopic (exact) mass is 227 g/mol. The van der Waals surface area contributed by atoms with Crippen LogP contribution in [0.4, 0.5) is 0 Å². The first kappa shape index (κ1) is 13.9. The van der Waals surface area contributed by atoms with Crippen LogP contribution >= 0.6 is 0 Å². The van der Waals surface area contributed by atoms with Crippen LogP contribution in [-0.4, -0.2) is 62.2 Å². The quantitative estimate of drug-likeness (QED) is 0.740. The largest absolute Gasteiger partial charge is 0.314 e. The van der Waals surface area contributed by atoms with E-state index in [1.54, 1.807) is 0 Å². The van der Waals surface area contributed by atoms with Gasteiger partial charge in [-0.05, 0) is 53.4 Å². The Hall–Kier alpha value is -0.120. The van der Waals surface area contributed by atoms with Crippen LogP contribution in [0.1, 0.15) is 33.1 Å². The topological polar surface area (TPSA) is 18.5 Å². The lowest BCUT2D eigenvalue weighted by Gasteiger charge is -2.37. The summed E-state index contributed by atoms with van der Waals surface area (Å²) in [7, 11) is 4.32. The number of piperidine rings is 1. The summed E-state index contributed by atoms with van der Waals surface area (Å²) in [6.45, 7) is 9.44. The highest BCUT2D eigenvalue weighted by molar-refractivity contribution is 4.82. The molecule has 1 saturated heterocycles. The first-order chi connectivity index (χ1) is 7.63. The fraction of sp³-hybridized carbons (Fsp3) is 1.00. The Morgan fingerprint density at radius 2 is 1.94 bits per heavy atom. The van der Waals surface area contributed by atoms with Crippen molar-refractivity contribution in [2.45, 2.75) is 45.2 Å². The van der Waals surface area contributed by atoms with Crippen molar-refractivity contribution in [3.8, 4) is 0 Å². The van der Waals surface area contributed by atoms with E-state index < -0.39 is 0 Å². The molecule has 0 spiro atoms. The van der Waals surface area contributed by atoms with Crippen molar-refractivity contribution in [2.75, 3.05) is 40.3 Å². The molecular formula is C13H29N3. The number of likely N-dealkylation sites (N-methyl/N-ethyl adjacent to an activating group) is 1. The molecule has 0 aromatic carbocycles. The minimum absolute atomic E-state index is 0.692. The Kier molecular flexibility index (Phi) is 6.32. The Morgan fingerprint density at radius 3 is 2.50 bits per heavy atom. The van der Waals surface area contributed by atoms with Crippen LogP contribution in [0.2, 0.25) is 0 Å². The van der Waals surface area contributed by atoms with Gasteiger partial charge in [0.1, 0.15) is 0 Å². The van der Waals surface area contributed by atoms with Crippen molar-refractivity contribution in [2.24, 2.45) is 0 Å². The smallest absolute Gasteiger partial charge is 0.0123 e. The number of hydrogen-bond acceptors (Lipinski definition) is 3. The standard InChI is InChI=1S/C13H29N3/c1-5-8-16(10-9-15(3)4)13-6-7-14-12(2)11-13/h12-14H,5-11H2,1-4H3. The van der Waals surface area contributed by atoms with Gasteiger partial charge in [-0.25, -0.2) is 0 Å². The van der Waals surface area contributed by atoms with Gasteiger partial charge in [-0.15, -0.1) is 0 Å². The van der Waals surface area contributed by atoms with E-state index in [0.29, 0.717) is 6.04 Å². The van der Waals surface area contributed by atoms with Crippen LogP contribution in [0, 0.1) is 0 Å². The molecule has 0 saturated carbocycles. The molecule has 0 radical (unpaired) electrons. The van der Waals surface area contributed by atoms with Gasteiger partial charge < -0.3 is 10.2 Å². The first-order valence-corrected chi connectivity index (χ1v) is 6.75. The molecule has 16 heavy (non-hydrogen) atoms. The second-order valence-corrected chi connectivity index (χ2v) is 5.37. The number of nitrogens with zero attached hydrogens (tertiary/aromatic N) is 2. The maximum Gasteiger partial charge on any atom is 0.0123 e. The average Bonchev–Trinajstić information content (AvgIpc) is 2.24. The van der Waals surface area contributed by atoms with E-state index in [9.17, 15) is 0 Å². The molecule has 1 heterocycles. The third-order valence-electron chi connectivity index (χ3n) is 3.46.